The topological polar surface area (TPSA) is 112 Å². The number of rotatable bonds is 8. The lowest BCUT2D eigenvalue weighted by atomic mass is 9.98. The van der Waals surface area contributed by atoms with E-state index < -0.39 is 5.66 Å². The van der Waals surface area contributed by atoms with Gasteiger partial charge in [0.05, 0.1) is 17.5 Å². The van der Waals surface area contributed by atoms with Crippen molar-refractivity contribution in [3.05, 3.63) is 54.0 Å². The first-order chi connectivity index (χ1) is 15.4. The molecule has 9 heteroatoms. The number of nitrogens with one attached hydrogen (secondary N) is 2. The number of furan rings is 1. The van der Waals surface area contributed by atoms with E-state index >= 15 is 0 Å². The van der Waals surface area contributed by atoms with Gasteiger partial charge in [-0.05, 0) is 44.0 Å². The molecule has 1 atom stereocenters. The normalized spacial score (nSPS) is 19.5. The third kappa shape index (κ3) is 3.98. The predicted molar refractivity (Wildman–Crippen MR) is 116 cm³/mol. The number of fused-ring (bicyclic) bond motifs is 3. The molecule has 4 amide bonds. The molecule has 168 valence electrons. The van der Waals surface area contributed by atoms with E-state index in [1.165, 1.54) is 6.26 Å². The molecule has 2 aliphatic rings. The maximum absolute atomic E-state index is 13.2. The number of hydrogen-bond donors (Lipinski definition) is 2. The second-order valence-electron chi connectivity index (χ2n) is 8.11. The summed E-state index contributed by atoms with van der Waals surface area (Å²) >= 11 is 0. The average Bonchev–Trinajstić information content (AvgIpc) is 3.42. The fourth-order valence-corrected chi connectivity index (χ4v) is 4.40. The SMILES string of the molecule is CC12CCC(=O)N1c1ccccc1C(=O)N2CCCC(=O)NCCNC(=O)c1ccco1. The minimum atomic E-state index is -0.713. The van der Waals surface area contributed by atoms with Gasteiger partial charge in [0.2, 0.25) is 11.8 Å². The van der Waals surface area contributed by atoms with Gasteiger partial charge in [-0.1, -0.05) is 12.1 Å². The summed E-state index contributed by atoms with van der Waals surface area (Å²) in [7, 11) is 0. The third-order valence-electron chi connectivity index (χ3n) is 6.01. The Morgan fingerprint density at radius 3 is 2.66 bits per heavy atom. The molecule has 2 aromatic rings. The van der Waals surface area contributed by atoms with Crippen LogP contribution in [0, 0.1) is 0 Å². The first kappa shape index (κ1) is 21.6. The number of hydrogen-bond acceptors (Lipinski definition) is 5. The van der Waals surface area contributed by atoms with Crippen LogP contribution in [0.15, 0.2) is 47.1 Å². The molecule has 1 aromatic carbocycles. The largest absolute Gasteiger partial charge is 0.459 e. The molecule has 0 spiro atoms. The van der Waals surface area contributed by atoms with E-state index in [4.69, 9.17) is 4.42 Å². The molecule has 1 aromatic heterocycles. The Kier molecular flexibility index (Phi) is 5.98. The van der Waals surface area contributed by atoms with Crippen LogP contribution in [0.3, 0.4) is 0 Å². The van der Waals surface area contributed by atoms with Crippen molar-refractivity contribution in [3.63, 3.8) is 0 Å². The monoisotopic (exact) mass is 438 g/mol. The Morgan fingerprint density at radius 2 is 1.88 bits per heavy atom. The zero-order valence-corrected chi connectivity index (χ0v) is 17.9. The summed E-state index contributed by atoms with van der Waals surface area (Å²) < 4.78 is 5.00. The summed E-state index contributed by atoms with van der Waals surface area (Å²) in [6.45, 7) is 2.85. The van der Waals surface area contributed by atoms with Crippen molar-refractivity contribution in [1.82, 2.24) is 15.5 Å². The lowest BCUT2D eigenvalue weighted by Crippen LogP contribution is -2.62. The number of benzene rings is 1. The van der Waals surface area contributed by atoms with Crippen molar-refractivity contribution < 1.29 is 23.6 Å². The van der Waals surface area contributed by atoms with Crippen molar-refractivity contribution in [2.24, 2.45) is 0 Å². The van der Waals surface area contributed by atoms with Gasteiger partial charge >= 0.3 is 0 Å². The minimum absolute atomic E-state index is 0.00629. The molecule has 1 saturated heterocycles. The Balaban J connectivity index is 1.28. The van der Waals surface area contributed by atoms with Crippen molar-refractivity contribution in [2.75, 3.05) is 24.5 Å². The maximum Gasteiger partial charge on any atom is 0.287 e. The van der Waals surface area contributed by atoms with Crippen molar-refractivity contribution in [2.45, 2.75) is 38.3 Å². The number of amides is 4. The summed E-state index contributed by atoms with van der Waals surface area (Å²) in [5, 5.41) is 5.42. The molecule has 3 heterocycles. The highest BCUT2D eigenvalue weighted by Gasteiger charge is 2.52. The highest BCUT2D eigenvalue weighted by Crippen LogP contribution is 2.43. The average molecular weight is 438 g/mol. The molecule has 1 unspecified atom stereocenters. The number of nitrogens with zero attached hydrogens (tertiary/aromatic N) is 2. The standard InChI is InChI=1S/C23H26N4O5/c1-23-11-10-20(29)27(23)17-7-3-2-6-16(17)22(31)26(23)14-4-9-19(28)24-12-13-25-21(30)18-8-5-15-32-18/h2-3,5-8,15H,4,9-14H2,1H3,(H,24,28)(H,25,30). The lowest BCUT2D eigenvalue weighted by molar-refractivity contribution is -0.121. The molecule has 4 rings (SSSR count). The zero-order chi connectivity index (χ0) is 22.7. The van der Waals surface area contributed by atoms with Crippen LogP contribution in [-0.4, -0.2) is 53.8 Å². The first-order valence-corrected chi connectivity index (χ1v) is 10.7. The molecule has 2 N–H and O–H groups in total. The van der Waals surface area contributed by atoms with Crippen molar-refractivity contribution >= 4 is 29.3 Å². The van der Waals surface area contributed by atoms with Crippen LogP contribution in [0.25, 0.3) is 0 Å². The van der Waals surface area contributed by atoms with E-state index in [0.717, 1.165) is 0 Å². The number of carbonyl (C=O) groups is 4. The van der Waals surface area contributed by atoms with E-state index in [9.17, 15) is 19.2 Å². The molecule has 32 heavy (non-hydrogen) atoms. The van der Waals surface area contributed by atoms with Gasteiger partial charge in [0.15, 0.2) is 5.76 Å². The summed E-state index contributed by atoms with van der Waals surface area (Å²) in [6, 6.07) is 10.4. The summed E-state index contributed by atoms with van der Waals surface area (Å²) in [6.07, 6.45) is 3.08. The van der Waals surface area contributed by atoms with E-state index in [1.807, 2.05) is 19.1 Å². The molecule has 2 aliphatic heterocycles. The Labute approximate surface area is 185 Å². The molecule has 0 aliphatic carbocycles. The second-order valence-corrected chi connectivity index (χ2v) is 8.11. The van der Waals surface area contributed by atoms with Crippen molar-refractivity contribution in [1.29, 1.82) is 0 Å². The van der Waals surface area contributed by atoms with Crippen LogP contribution in [-0.2, 0) is 9.59 Å². The third-order valence-corrected chi connectivity index (χ3v) is 6.01. The molecular formula is C23H26N4O5. The van der Waals surface area contributed by atoms with Gasteiger partial charge in [-0.15, -0.1) is 0 Å². The molecule has 0 saturated carbocycles. The number of para-hydroxylation sites is 1. The molecule has 0 radical (unpaired) electrons. The minimum Gasteiger partial charge on any atom is -0.459 e. The number of carbonyl (C=O) groups excluding carboxylic acids is 4. The van der Waals surface area contributed by atoms with Gasteiger partial charge < -0.3 is 20.0 Å². The van der Waals surface area contributed by atoms with E-state index in [2.05, 4.69) is 10.6 Å². The van der Waals surface area contributed by atoms with Crippen LogP contribution >= 0.6 is 0 Å². The first-order valence-electron chi connectivity index (χ1n) is 10.7. The van der Waals surface area contributed by atoms with Gasteiger partial charge in [0.25, 0.3) is 11.8 Å². The summed E-state index contributed by atoms with van der Waals surface area (Å²) in [4.78, 5) is 53.1. The van der Waals surface area contributed by atoms with Gasteiger partial charge in [-0.25, -0.2) is 0 Å². The van der Waals surface area contributed by atoms with E-state index in [0.29, 0.717) is 43.6 Å². The quantitative estimate of drug-likeness (QED) is 0.612. The molecular weight excluding hydrogens is 412 g/mol. The van der Waals surface area contributed by atoms with Gasteiger partial charge in [-0.2, -0.15) is 0 Å². The predicted octanol–water partition coefficient (Wildman–Crippen LogP) is 1.90. The van der Waals surface area contributed by atoms with Crippen LogP contribution in [0.1, 0.15) is 53.5 Å². The fraction of sp³-hybridized carbons (Fsp3) is 0.391. The van der Waals surface area contributed by atoms with Gasteiger partial charge in [-0.3, -0.25) is 24.1 Å². The number of anilines is 1. The van der Waals surface area contributed by atoms with Crippen LogP contribution in [0.5, 0.6) is 0 Å². The van der Waals surface area contributed by atoms with E-state index in [1.54, 1.807) is 34.1 Å². The Hall–Kier alpha value is -3.62. The Bertz CT molecular complexity index is 1030. The Morgan fingerprint density at radius 1 is 1.09 bits per heavy atom. The molecule has 1 fully saturated rings. The van der Waals surface area contributed by atoms with Crippen LogP contribution in [0.4, 0.5) is 5.69 Å². The lowest BCUT2D eigenvalue weighted by Gasteiger charge is -2.48. The van der Waals surface area contributed by atoms with Crippen LogP contribution < -0.4 is 15.5 Å². The zero-order valence-electron chi connectivity index (χ0n) is 17.9. The molecule has 9 nitrogen and oxygen atoms in total. The second kappa shape index (κ2) is 8.86. The summed E-state index contributed by atoms with van der Waals surface area (Å²) in [5.74, 6) is -0.386. The fourth-order valence-electron chi connectivity index (χ4n) is 4.40. The summed E-state index contributed by atoms with van der Waals surface area (Å²) in [5.41, 5.74) is 0.458. The van der Waals surface area contributed by atoms with Crippen molar-refractivity contribution in [3.8, 4) is 0 Å². The highest BCUT2D eigenvalue weighted by molar-refractivity contribution is 6.10. The van der Waals surface area contributed by atoms with E-state index in [-0.39, 0.29) is 42.4 Å². The highest BCUT2D eigenvalue weighted by atomic mass is 16.3. The molecule has 0 bridgehead atoms. The van der Waals surface area contributed by atoms with Gasteiger partial charge in [0.1, 0.15) is 5.66 Å². The van der Waals surface area contributed by atoms with Gasteiger partial charge in [0, 0.05) is 32.5 Å². The maximum atomic E-state index is 13.2. The van der Waals surface area contributed by atoms with Crippen LogP contribution in [0.2, 0.25) is 0 Å². The smallest absolute Gasteiger partial charge is 0.287 e.